The molecule has 1 N–H and O–H groups in total. The number of aromatic nitrogens is 5. The lowest BCUT2D eigenvalue weighted by atomic mass is 10.2. The van der Waals surface area contributed by atoms with Gasteiger partial charge in [0, 0.05) is 24.7 Å². The van der Waals surface area contributed by atoms with E-state index in [1.807, 2.05) is 24.9 Å². The smallest absolute Gasteiger partial charge is 0.195 e. The van der Waals surface area contributed by atoms with Crippen LogP contribution in [-0.4, -0.2) is 24.5 Å². The lowest BCUT2D eigenvalue weighted by Crippen LogP contribution is -2.05. The van der Waals surface area contributed by atoms with Crippen molar-refractivity contribution in [3.8, 4) is 0 Å². The van der Waals surface area contributed by atoms with E-state index in [1.165, 1.54) is 18.4 Å². The van der Waals surface area contributed by atoms with Crippen LogP contribution in [0.2, 0.25) is 0 Å². The lowest BCUT2D eigenvalue weighted by molar-refractivity contribution is 0.715. The molecule has 3 rings (SSSR count). The van der Waals surface area contributed by atoms with Gasteiger partial charge in [0.15, 0.2) is 4.77 Å². The second kappa shape index (κ2) is 3.80. The minimum Gasteiger partial charge on any atom is -0.299 e. The van der Waals surface area contributed by atoms with Crippen LogP contribution in [0.3, 0.4) is 0 Å². The minimum atomic E-state index is 0.597. The Morgan fingerprint density at radius 2 is 2.29 bits per heavy atom. The van der Waals surface area contributed by atoms with Crippen molar-refractivity contribution in [2.75, 3.05) is 0 Å². The van der Waals surface area contributed by atoms with E-state index in [2.05, 4.69) is 19.9 Å². The SMILES string of the molecule is Cc1nn(C)cc1Cn1c(C2CC2)n[nH]c1=S. The van der Waals surface area contributed by atoms with Crippen molar-refractivity contribution in [1.29, 1.82) is 0 Å². The summed E-state index contributed by atoms with van der Waals surface area (Å²) < 4.78 is 4.64. The summed E-state index contributed by atoms with van der Waals surface area (Å²) in [6, 6.07) is 0. The van der Waals surface area contributed by atoms with E-state index in [4.69, 9.17) is 12.2 Å². The fourth-order valence-electron chi connectivity index (χ4n) is 2.11. The van der Waals surface area contributed by atoms with E-state index < -0.39 is 0 Å². The zero-order chi connectivity index (χ0) is 12.0. The standard InChI is InChI=1S/C11H15N5S/c1-7-9(5-15(2)14-7)6-16-10(8-3-4-8)12-13-11(16)17/h5,8H,3-4,6H2,1-2H3,(H,13,17). The molecule has 17 heavy (non-hydrogen) atoms. The van der Waals surface area contributed by atoms with E-state index in [9.17, 15) is 0 Å². The van der Waals surface area contributed by atoms with E-state index >= 15 is 0 Å². The molecule has 1 aliphatic rings. The van der Waals surface area contributed by atoms with Gasteiger partial charge in [0.05, 0.1) is 12.2 Å². The number of H-pyrrole nitrogens is 1. The van der Waals surface area contributed by atoms with Gasteiger partial charge in [-0.15, -0.1) is 0 Å². The van der Waals surface area contributed by atoms with Gasteiger partial charge in [0.1, 0.15) is 5.82 Å². The first kappa shape index (κ1) is 10.7. The van der Waals surface area contributed by atoms with Crippen molar-refractivity contribution in [3.63, 3.8) is 0 Å². The van der Waals surface area contributed by atoms with E-state index in [0.717, 1.165) is 18.1 Å². The normalized spacial score (nSPS) is 15.4. The Morgan fingerprint density at radius 3 is 2.88 bits per heavy atom. The Labute approximate surface area is 104 Å². The first-order chi connectivity index (χ1) is 8.15. The van der Waals surface area contributed by atoms with Gasteiger partial charge in [0.25, 0.3) is 0 Å². The van der Waals surface area contributed by atoms with Crippen molar-refractivity contribution in [3.05, 3.63) is 28.0 Å². The molecule has 2 aromatic heterocycles. The lowest BCUT2D eigenvalue weighted by Gasteiger charge is -2.04. The number of rotatable bonds is 3. The predicted octanol–water partition coefficient (Wildman–Crippen LogP) is 1.91. The maximum Gasteiger partial charge on any atom is 0.195 e. The average molecular weight is 249 g/mol. The van der Waals surface area contributed by atoms with Crippen LogP contribution in [-0.2, 0) is 13.6 Å². The molecular formula is C11H15N5S. The monoisotopic (exact) mass is 249 g/mol. The Kier molecular flexibility index (Phi) is 2.39. The van der Waals surface area contributed by atoms with Crippen molar-refractivity contribution in [2.24, 2.45) is 7.05 Å². The molecule has 0 atom stereocenters. The van der Waals surface area contributed by atoms with Crippen LogP contribution in [0.1, 0.15) is 35.8 Å². The largest absolute Gasteiger partial charge is 0.299 e. The highest BCUT2D eigenvalue weighted by atomic mass is 32.1. The minimum absolute atomic E-state index is 0.597. The third kappa shape index (κ3) is 1.93. The molecule has 5 nitrogen and oxygen atoms in total. The van der Waals surface area contributed by atoms with Gasteiger partial charge < -0.3 is 0 Å². The molecule has 0 aromatic carbocycles. The van der Waals surface area contributed by atoms with Crippen LogP contribution >= 0.6 is 12.2 Å². The quantitative estimate of drug-likeness (QED) is 0.845. The first-order valence-corrected chi connectivity index (χ1v) is 6.20. The van der Waals surface area contributed by atoms with Crippen molar-refractivity contribution >= 4 is 12.2 Å². The Hall–Kier alpha value is -1.43. The summed E-state index contributed by atoms with van der Waals surface area (Å²) in [6.45, 7) is 2.79. The summed E-state index contributed by atoms with van der Waals surface area (Å²) in [6.07, 6.45) is 4.50. The average Bonchev–Trinajstić information content (AvgIpc) is 2.98. The molecule has 0 spiro atoms. The van der Waals surface area contributed by atoms with Crippen LogP contribution in [0.25, 0.3) is 0 Å². The van der Waals surface area contributed by atoms with Gasteiger partial charge in [-0.3, -0.25) is 14.3 Å². The summed E-state index contributed by atoms with van der Waals surface area (Å²) in [5.41, 5.74) is 2.25. The number of aryl methyl sites for hydroxylation is 2. The van der Waals surface area contributed by atoms with E-state index in [1.54, 1.807) is 0 Å². The predicted molar refractivity (Wildman–Crippen MR) is 66.4 cm³/mol. The molecular weight excluding hydrogens is 234 g/mol. The first-order valence-electron chi connectivity index (χ1n) is 5.79. The molecule has 1 aliphatic carbocycles. The third-order valence-corrected chi connectivity index (χ3v) is 3.49. The van der Waals surface area contributed by atoms with Crippen molar-refractivity contribution < 1.29 is 0 Å². The topological polar surface area (TPSA) is 51.4 Å². The molecule has 0 aliphatic heterocycles. The van der Waals surface area contributed by atoms with Crippen LogP contribution in [0.4, 0.5) is 0 Å². The number of aromatic amines is 1. The fraction of sp³-hybridized carbons (Fsp3) is 0.545. The third-order valence-electron chi connectivity index (χ3n) is 3.17. The molecule has 1 fully saturated rings. The zero-order valence-electron chi connectivity index (χ0n) is 9.97. The van der Waals surface area contributed by atoms with Gasteiger partial charge >= 0.3 is 0 Å². The van der Waals surface area contributed by atoms with E-state index in [0.29, 0.717) is 10.7 Å². The molecule has 0 unspecified atom stereocenters. The Balaban J connectivity index is 1.97. The molecule has 90 valence electrons. The van der Waals surface area contributed by atoms with Crippen LogP contribution < -0.4 is 0 Å². The maximum absolute atomic E-state index is 5.29. The number of hydrogen-bond acceptors (Lipinski definition) is 3. The summed E-state index contributed by atoms with van der Waals surface area (Å²) in [7, 11) is 1.94. The van der Waals surface area contributed by atoms with Gasteiger partial charge in [-0.1, -0.05) is 0 Å². The molecule has 2 aromatic rings. The van der Waals surface area contributed by atoms with Crippen LogP contribution in [0.5, 0.6) is 0 Å². The second-order valence-electron chi connectivity index (χ2n) is 4.66. The van der Waals surface area contributed by atoms with E-state index in [-0.39, 0.29) is 0 Å². The van der Waals surface area contributed by atoms with Crippen molar-refractivity contribution in [1.82, 2.24) is 24.5 Å². The van der Waals surface area contributed by atoms with Crippen molar-refractivity contribution in [2.45, 2.75) is 32.2 Å². The second-order valence-corrected chi connectivity index (χ2v) is 5.05. The zero-order valence-corrected chi connectivity index (χ0v) is 10.8. The Morgan fingerprint density at radius 1 is 1.53 bits per heavy atom. The van der Waals surface area contributed by atoms with Crippen LogP contribution in [0.15, 0.2) is 6.20 Å². The van der Waals surface area contributed by atoms with Gasteiger partial charge in [-0.25, -0.2) is 0 Å². The van der Waals surface area contributed by atoms with Gasteiger partial charge in [-0.2, -0.15) is 10.2 Å². The highest BCUT2D eigenvalue weighted by Gasteiger charge is 2.29. The number of nitrogens with zero attached hydrogens (tertiary/aromatic N) is 4. The maximum atomic E-state index is 5.29. The molecule has 0 saturated heterocycles. The molecule has 0 amide bonds. The van der Waals surface area contributed by atoms with Gasteiger partial charge in [-0.05, 0) is 32.0 Å². The molecule has 0 bridgehead atoms. The molecule has 2 heterocycles. The highest BCUT2D eigenvalue weighted by Crippen LogP contribution is 2.39. The molecule has 1 saturated carbocycles. The van der Waals surface area contributed by atoms with Gasteiger partial charge in [0.2, 0.25) is 0 Å². The fourth-order valence-corrected chi connectivity index (χ4v) is 2.31. The van der Waals surface area contributed by atoms with Crippen LogP contribution in [0, 0.1) is 11.7 Å². The summed E-state index contributed by atoms with van der Waals surface area (Å²) in [5, 5.41) is 11.6. The summed E-state index contributed by atoms with van der Waals surface area (Å²) in [4.78, 5) is 0. The molecule has 0 radical (unpaired) electrons. The Bertz CT molecular complexity index is 602. The summed E-state index contributed by atoms with van der Waals surface area (Å²) in [5.74, 6) is 1.69. The number of hydrogen-bond donors (Lipinski definition) is 1. The number of nitrogens with one attached hydrogen (secondary N) is 1. The molecule has 6 heteroatoms. The summed E-state index contributed by atoms with van der Waals surface area (Å²) >= 11 is 5.29. The highest BCUT2D eigenvalue weighted by molar-refractivity contribution is 7.71.